The molecule has 0 saturated carbocycles. The van der Waals surface area contributed by atoms with Crippen LogP contribution in [0.4, 0.5) is 5.69 Å². The van der Waals surface area contributed by atoms with Crippen molar-refractivity contribution in [1.82, 2.24) is 19.7 Å². The van der Waals surface area contributed by atoms with Crippen LogP contribution in [-0.2, 0) is 4.79 Å². The average Bonchev–Trinajstić information content (AvgIpc) is 3.24. The number of halogens is 2. The minimum Gasteiger partial charge on any atom is -0.497 e. The second-order valence-electron chi connectivity index (χ2n) is 6.55. The Morgan fingerprint density at radius 1 is 1.09 bits per heavy atom. The maximum Gasteiger partial charge on any atom is 0.234 e. The molecule has 0 unspecified atom stereocenters. The van der Waals surface area contributed by atoms with Gasteiger partial charge in [0.1, 0.15) is 5.75 Å². The first-order valence-corrected chi connectivity index (χ1v) is 11.2. The molecule has 0 aliphatic rings. The highest BCUT2D eigenvalue weighted by molar-refractivity contribution is 7.99. The fourth-order valence-corrected chi connectivity index (χ4v) is 3.97. The molecule has 4 aromatic rings. The van der Waals surface area contributed by atoms with Crippen LogP contribution < -0.4 is 10.1 Å². The summed E-state index contributed by atoms with van der Waals surface area (Å²) in [6, 6.07) is 16.1. The lowest BCUT2D eigenvalue weighted by Crippen LogP contribution is -2.14. The van der Waals surface area contributed by atoms with Crippen LogP contribution in [0.25, 0.3) is 17.1 Å². The smallest absolute Gasteiger partial charge is 0.234 e. The topological polar surface area (TPSA) is 81.9 Å². The zero-order chi connectivity index (χ0) is 22.5. The van der Waals surface area contributed by atoms with Crippen LogP contribution in [0.1, 0.15) is 0 Å². The minimum atomic E-state index is -0.185. The SMILES string of the molecule is COc1cccc(NC(=O)CSc2nnc(-c3cccnc3)n2-c2ccc(Cl)c(Cl)c2)c1. The number of amides is 1. The van der Waals surface area contributed by atoms with E-state index in [1.165, 1.54) is 11.8 Å². The van der Waals surface area contributed by atoms with E-state index in [0.717, 1.165) is 11.3 Å². The summed E-state index contributed by atoms with van der Waals surface area (Å²) >= 11 is 13.6. The Labute approximate surface area is 198 Å². The predicted octanol–water partition coefficient (Wildman–Crippen LogP) is 5.38. The van der Waals surface area contributed by atoms with Gasteiger partial charge in [-0.1, -0.05) is 41.0 Å². The quantitative estimate of drug-likeness (QED) is 0.354. The molecule has 0 radical (unpaired) electrons. The number of hydrogen-bond donors (Lipinski definition) is 1. The molecular formula is C22H17Cl2N5O2S. The van der Waals surface area contributed by atoms with Crippen molar-refractivity contribution in [3.8, 4) is 22.8 Å². The Balaban J connectivity index is 1.60. The molecule has 10 heteroatoms. The lowest BCUT2D eigenvalue weighted by atomic mass is 10.2. The van der Waals surface area contributed by atoms with Crippen LogP contribution in [0.15, 0.2) is 72.1 Å². The first-order chi connectivity index (χ1) is 15.5. The van der Waals surface area contributed by atoms with Crippen molar-refractivity contribution in [2.45, 2.75) is 5.16 Å². The largest absolute Gasteiger partial charge is 0.497 e. The first-order valence-electron chi connectivity index (χ1n) is 9.43. The monoisotopic (exact) mass is 485 g/mol. The van der Waals surface area contributed by atoms with E-state index in [9.17, 15) is 4.79 Å². The van der Waals surface area contributed by atoms with Crippen LogP contribution in [0, 0.1) is 0 Å². The van der Waals surface area contributed by atoms with E-state index in [1.54, 1.807) is 43.8 Å². The van der Waals surface area contributed by atoms with E-state index in [-0.39, 0.29) is 11.7 Å². The van der Waals surface area contributed by atoms with Crippen molar-refractivity contribution in [3.05, 3.63) is 77.0 Å². The van der Waals surface area contributed by atoms with Gasteiger partial charge in [0.15, 0.2) is 11.0 Å². The molecule has 32 heavy (non-hydrogen) atoms. The van der Waals surface area contributed by atoms with Gasteiger partial charge in [0, 0.05) is 29.7 Å². The molecule has 1 N–H and O–H groups in total. The highest BCUT2D eigenvalue weighted by Crippen LogP contribution is 2.31. The van der Waals surface area contributed by atoms with Crippen molar-refractivity contribution >= 4 is 46.6 Å². The van der Waals surface area contributed by atoms with Crippen LogP contribution >= 0.6 is 35.0 Å². The number of hydrogen-bond acceptors (Lipinski definition) is 6. The van der Waals surface area contributed by atoms with Gasteiger partial charge in [-0.2, -0.15) is 0 Å². The number of nitrogens with one attached hydrogen (secondary N) is 1. The van der Waals surface area contributed by atoms with Gasteiger partial charge >= 0.3 is 0 Å². The van der Waals surface area contributed by atoms with E-state index in [2.05, 4.69) is 20.5 Å². The van der Waals surface area contributed by atoms with Gasteiger partial charge in [-0.15, -0.1) is 10.2 Å². The third-order valence-corrected chi connectivity index (χ3v) is 6.07. The summed E-state index contributed by atoms with van der Waals surface area (Å²) in [5.74, 6) is 1.18. The fraction of sp³-hybridized carbons (Fsp3) is 0.0909. The summed E-state index contributed by atoms with van der Waals surface area (Å²) in [6.07, 6.45) is 3.38. The van der Waals surface area contributed by atoms with Gasteiger partial charge in [-0.3, -0.25) is 14.3 Å². The number of carbonyl (C=O) groups is 1. The average molecular weight is 486 g/mol. The van der Waals surface area contributed by atoms with Crippen molar-refractivity contribution in [2.75, 3.05) is 18.2 Å². The molecule has 0 aliphatic carbocycles. The molecule has 0 fully saturated rings. The van der Waals surface area contributed by atoms with Crippen LogP contribution in [0.5, 0.6) is 5.75 Å². The highest BCUT2D eigenvalue weighted by Gasteiger charge is 2.18. The molecule has 7 nitrogen and oxygen atoms in total. The van der Waals surface area contributed by atoms with Gasteiger partial charge in [0.2, 0.25) is 5.91 Å². The van der Waals surface area contributed by atoms with Gasteiger partial charge in [0.25, 0.3) is 0 Å². The molecule has 0 bridgehead atoms. The second kappa shape index (κ2) is 10.0. The van der Waals surface area contributed by atoms with Crippen molar-refractivity contribution in [1.29, 1.82) is 0 Å². The van der Waals surface area contributed by atoms with Gasteiger partial charge < -0.3 is 10.1 Å². The molecule has 2 heterocycles. The van der Waals surface area contributed by atoms with Gasteiger partial charge in [-0.05, 0) is 42.5 Å². The molecule has 2 aromatic carbocycles. The van der Waals surface area contributed by atoms with Crippen LogP contribution in [-0.4, -0.2) is 38.5 Å². The minimum absolute atomic E-state index is 0.129. The molecule has 2 aromatic heterocycles. The Bertz CT molecular complexity index is 1250. The van der Waals surface area contributed by atoms with E-state index in [4.69, 9.17) is 27.9 Å². The van der Waals surface area contributed by atoms with E-state index in [0.29, 0.717) is 32.5 Å². The van der Waals surface area contributed by atoms with Crippen LogP contribution in [0.2, 0.25) is 10.0 Å². The zero-order valence-corrected chi connectivity index (χ0v) is 19.2. The second-order valence-corrected chi connectivity index (χ2v) is 8.31. The van der Waals surface area contributed by atoms with Crippen molar-refractivity contribution in [2.24, 2.45) is 0 Å². The number of carbonyl (C=O) groups excluding carboxylic acids is 1. The van der Waals surface area contributed by atoms with Gasteiger partial charge in [-0.25, -0.2) is 0 Å². The van der Waals surface area contributed by atoms with E-state index < -0.39 is 0 Å². The number of anilines is 1. The van der Waals surface area contributed by atoms with Crippen molar-refractivity contribution < 1.29 is 9.53 Å². The molecule has 0 saturated heterocycles. The Hall–Kier alpha value is -3.07. The predicted molar refractivity (Wildman–Crippen MR) is 127 cm³/mol. The molecule has 4 rings (SSSR count). The number of benzene rings is 2. The lowest BCUT2D eigenvalue weighted by Gasteiger charge is -2.11. The Kier molecular flexibility index (Phi) is 6.94. The lowest BCUT2D eigenvalue weighted by molar-refractivity contribution is -0.113. The van der Waals surface area contributed by atoms with E-state index >= 15 is 0 Å². The molecule has 0 atom stereocenters. The first kappa shape index (κ1) is 22.1. The summed E-state index contributed by atoms with van der Waals surface area (Å²) in [7, 11) is 1.58. The molecular weight excluding hydrogens is 469 g/mol. The van der Waals surface area contributed by atoms with Crippen LogP contribution in [0.3, 0.4) is 0 Å². The third kappa shape index (κ3) is 5.04. The summed E-state index contributed by atoms with van der Waals surface area (Å²) in [5.41, 5.74) is 2.15. The number of rotatable bonds is 7. The summed E-state index contributed by atoms with van der Waals surface area (Å²) in [6.45, 7) is 0. The Morgan fingerprint density at radius 3 is 2.72 bits per heavy atom. The third-order valence-electron chi connectivity index (χ3n) is 4.40. The van der Waals surface area contributed by atoms with Crippen molar-refractivity contribution in [3.63, 3.8) is 0 Å². The number of nitrogens with zero attached hydrogens (tertiary/aromatic N) is 4. The standard InChI is InChI=1S/C22H17Cl2N5O2S/c1-31-17-6-2-5-15(10-17)26-20(30)13-32-22-28-27-21(14-4-3-9-25-12-14)29(22)16-7-8-18(23)19(24)11-16/h2-12H,13H2,1H3,(H,26,30). The normalized spacial score (nSPS) is 10.7. The maximum atomic E-state index is 12.5. The number of thioether (sulfide) groups is 1. The maximum absolute atomic E-state index is 12.5. The van der Waals surface area contributed by atoms with Gasteiger partial charge in [0.05, 0.1) is 28.6 Å². The fourth-order valence-electron chi connectivity index (χ4n) is 2.93. The molecule has 1 amide bonds. The summed E-state index contributed by atoms with van der Waals surface area (Å²) in [4.78, 5) is 16.7. The molecule has 0 aliphatic heterocycles. The molecule has 162 valence electrons. The van der Waals surface area contributed by atoms with E-state index in [1.807, 2.05) is 34.9 Å². The number of pyridine rings is 1. The molecule has 0 spiro atoms. The zero-order valence-electron chi connectivity index (χ0n) is 16.8. The highest BCUT2D eigenvalue weighted by atomic mass is 35.5. The number of methoxy groups -OCH3 is 1. The summed E-state index contributed by atoms with van der Waals surface area (Å²) < 4.78 is 7.01. The summed E-state index contributed by atoms with van der Waals surface area (Å²) in [5, 5.41) is 12.9. The Morgan fingerprint density at radius 2 is 1.97 bits per heavy atom. The number of aromatic nitrogens is 4. The number of ether oxygens (including phenoxy) is 1.